The molecule has 0 fully saturated rings. The van der Waals surface area contributed by atoms with E-state index in [4.69, 9.17) is 0 Å². The molecule has 0 saturated carbocycles. The first-order valence-corrected chi connectivity index (χ1v) is 7.42. The average molecular weight is 304 g/mol. The van der Waals surface area contributed by atoms with Crippen LogP contribution in [0.4, 0.5) is 3.89 Å². The summed E-state index contributed by atoms with van der Waals surface area (Å²) in [6.45, 7) is 4.46. The molecule has 11 heteroatoms. The molecule has 0 heterocycles. The maximum atomic E-state index is 12.1. The minimum Gasteiger partial charge on any atom is -0.351 e. The number of carbonyl (C=O) groups excluding carboxylic acids is 1. The second-order valence-corrected chi connectivity index (χ2v) is 6.25. The first kappa shape index (κ1) is 17.0. The highest BCUT2D eigenvalue weighted by atomic mass is 32.3. The number of rotatable bonds is 7. The number of amides is 1. The highest BCUT2D eigenvalue weighted by Crippen LogP contribution is 2.04. The summed E-state index contributed by atoms with van der Waals surface area (Å²) < 4.78 is 58.4. The number of sulfonamides is 1. The number of hydroxylamine groups is 1. The Morgan fingerprint density at radius 1 is 1.39 bits per heavy atom. The standard InChI is InChI=1S/C7H13FN2O6S2/c1-6(2)7(11)9-4-5-17(12,13)10(3)16-18(8,14)15/h1,4-5H2,2-3H3,(H,9,11). The van der Waals surface area contributed by atoms with Crippen molar-refractivity contribution in [2.75, 3.05) is 19.3 Å². The molecule has 0 aliphatic rings. The SMILES string of the molecule is C=C(C)C(=O)NCCS(=O)(=O)N(C)OS(=O)(=O)F. The summed E-state index contributed by atoms with van der Waals surface area (Å²) in [4.78, 5) is 11.0. The molecule has 1 amide bonds. The normalized spacial score (nSPS) is 12.4. The van der Waals surface area contributed by atoms with Crippen molar-refractivity contribution in [3.05, 3.63) is 12.2 Å². The van der Waals surface area contributed by atoms with Crippen LogP contribution in [0.1, 0.15) is 6.92 Å². The lowest BCUT2D eigenvalue weighted by Gasteiger charge is -2.13. The highest BCUT2D eigenvalue weighted by molar-refractivity contribution is 7.89. The van der Waals surface area contributed by atoms with Gasteiger partial charge < -0.3 is 5.32 Å². The lowest BCUT2D eigenvalue weighted by molar-refractivity contribution is -0.117. The van der Waals surface area contributed by atoms with Gasteiger partial charge in [-0.2, -0.15) is 8.42 Å². The molecule has 0 unspecified atom stereocenters. The predicted molar refractivity (Wildman–Crippen MR) is 60.5 cm³/mol. The molecule has 0 saturated heterocycles. The summed E-state index contributed by atoms with van der Waals surface area (Å²) in [5.74, 6) is -1.20. The predicted octanol–water partition coefficient (Wildman–Crippen LogP) is -0.914. The molecule has 0 aromatic rings. The van der Waals surface area contributed by atoms with Crippen molar-refractivity contribution in [3.63, 3.8) is 0 Å². The van der Waals surface area contributed by atoms with Crippen molar-refractivity contribution in [2.24, 2.45) is 0 Å². The van der Waals surface area contributed by atoms with Crippen molar-refractivity contribution in [1.82, 2.24) is 9.79 Å². The van der Waals surface area contributed by atoms with E-state index in [-0.39, 0.29) is 16.6 Å². The fraction of sp³-hybridized carbons (Fsp3) is 0.571. The summed E-state index contributed by atoms with van der Waals surface area (Å²) in [5.41, 5.74) is 0.184. The van der Waals surface area contributed by atoms with Crippen LogP contribution in [0.3, 0.4) is 0 Å². The van der Waals surface area contributed by atoms with Gasteiger partial charge in [0.05, 0.1) is 5.75 Å². The zero-order valence-electron chi connectivity index (χ0n) is 9.71. The summed E-state index contributed by atoms with van der Waals surface area (Å²) in [7, 11) is -8.87. The maximum Gasteiger partial charge on any atom is 0.455 e. The van der Waals surface area contributed by atoms with E-state index in [0.717, 1.165) is 0 Å². The number of nitrogens with one attached hydrogen (secondary N) is 1. The second kappa shape index (κ2) is 6.22. The Bertz CT molecular complexity index is 526. The zero-order valence-corrected chi connectivity index (χ0v) is 11.3. The Hall–Kier alpha value is -1.04. The van der Waals surface area contributed by atoms with Gasteiger partial charge in [-0.15, -0.1) is 4.28 Å². The number of halogens is 1. The van der Waals surface area contributed by atoms with Crippen LogP contribution in [-0.4, -0.2) is 46.6 Å². The van der Waals surface area contributed by atoms with Gasteiger partial charge in [0, 0.05) is 19.2 Å². The zero-order chi connectivity index (χ0) is 14.6. The molecule has 0 aromatic heterocycles. The van der Waals surface area contributed by atoms with Crippen molar-refractivity contribution >= 4 is 26.4 Å². The topological polar surface area (TPSA) is 110 Å². The van der Waals surface area contributed by atoms with Gasteiger partial charge in [-0.1, -0.05) is 14.9 Å². The molecule has 106 valence electrons. The smallest absolute Gasteiger partial charge is 0.351 e. The first-order valence-electron chi connectivity index (χ1n) is 4.50. The fourth-order valence-electron chi connectivity index (χ4n) is 0.745. The Labute approximate surface area is 105 Å². The molecule has 0 aliphatic heterocycles. The van der Waals surface area contributed by atoms with Crippen molar-refractivity contribution < 1.29 is 29.8 Å². The second-order valence-electron chi connectivity index (χ2n) is 3.23. The number of hydrogen-bond donors (Lipinski definition) is 1. The molecule has 0 radical (unpaired) electrons. The summed E-state index contributed by atoms with van der Waals surface area (Å²) in [6, 6.07) is 0. The molecule has 0 atom stereocenters. The van der Waals surface area contributed by atoms with E-state index < -0.39 is 32.2 Å². The van der Waals surface area contributed by atoms with Crippen LogP contribution in [0.15, 0.2) is 12.2 Å². The largest absolute Gasteiger partial charge is 0.455 e. The molecular formula is C7H13FN2O6S2. The van der Waals surface area contributed by atoms with Crippen molar-refractivity contribution in [2.45, 2.75) is 6.92 Å². The van der Waals surface area contributed by atoms with Crippen LogP contribution in [-0.2, 0) is 29.6 Å². The molecule has 0 rings (SSSR count). The molecule has 1 N–H and O–H groups in total. The average Bonchev–Trinajstić information content (AvgIpc) is 2.14. The minimum absolute atomic E-state index is 0.130. The number of nitrogens with zero attached hydrogens (tertiary/aromatic N) is 1. The Morgan fingerprint density at radius 3 is 2.28 bits per heavy atom. The van der Waals surface area contributed by atoms with E-state index in [1.54, 1.807) is 0 Å². The monoisotopic (exact) mass is 304 g/mol. The number of hydrogen-bond acceptors (Lipinski definition) is 6. The lowest BCUT2D eigenvalue weighted by Crippen LogP contribution is -2.36. The van der Waals surface area contributed by atoms with Gasteiger partial charge in [0.25, 0.3) is 0 Å². The third kappa shape index (κ3) is 6.64. The van der Waals surface area contributed by atoms with Crippen LogP contribution in [0, 0.1) is 0 Å². The first-order chi connectivity index (χ1) is 7.96. The van der Waals surface area contributed by atoms with Gasteiger partial charge in [-0.3, -0.25) is 4.79 Å². The van der Waals surface area contributed by atoms with E-state index in [2.05, 4.69) is 16.2 Å². The van der Waals surface area contributed by atoms with Crippen LogP contribution >= 0.6 is 0 Å². The summed E-state index contributed by atoms with van der Waals surface area (Å²) in [6.07, 6.45) is 0. The Balaban J connectivity index is 4.41. The third-order valence-electron chi connectivity index (χ3n) is 1.62. The van der Waals surface area contributed by atoms with Gasteiger partial charge in [0.15, 0.2) is 0 Å². The summed E-state index contributed by atoms with van der Waals surface area (Å²) >= 11 is 0. The van der Waals surface area contributed by atoms with Gasteiger partial charge in [0.2, 0.25) is 15.9 Å². The molecule has 0 aromatic carbocycles. The Morgan fingerprint density at radius 2 is 1.89 bits per heavy atom. The van der Waals surface area contributed by atoms with Gasteiger partial charge >= 0.3 is 10.5 Å². The van der Waals surface area contributed by atoms with Crippen molar-refractivity contribution in [1.29, 1.82) is 0 Å². The highest BCUT2D eigenvalue weighted by Gasteiger charge is 2.24. The maximum absolute atomic E-state index is 12.1. The van der Waals surface area contributed by atoms with E-state index in [1.165, 1.54) is 6.92 Å². The fourth-order valence-corrected chi connectivity index (χ4v) is 2.20. The van der Waals surface area contributed by atoms with Gasteiger partial charge in [0.1, 0.15) is 0 Å². The molecule has 18 heavy (non-hydrogen) atoms. The van der Waals surface area contributed by atoms with Gasteiger partial charge in [-0.25, -0.2) is 8.42 Å². The van der Waals surface area contributed by atoms with Crippen molar-refractivity contribution in [3.8, 4) is 0 Å². The quantitative estimate of drug-likeness (QED) is 0.370. The number of carbonyl (C=O) groups is 1. The van der Waals surface area contributed by atoms with Crippen LogP contribution < -0.4 is 5.32 Å². The Kier molecular flexibility index (Phi) is 5.86. The molecule has 0 spiro atoms. The molecular weight excluding hydrogens is 291 g/mol. The minimum atomic E-state index is -5.42. The van der Waals surface area contributed by atoms with Crippen LogP contribution in [0.25, 0.3) is 0 Å². The molecule has 0 aliphatic carbocycles. The van der Waals surface area contributed by atoms with E-state index in [9.17, 15) is 25.5 Å². The van der Waals surface area contributed by atoms with E-state index >= 15 is 0 Å². The van der Waals surface area contributed by atoms with Gasteiger partial charge in [-0.05, 0) is 6.92 Å². The van der Waals surface area contributed by atoms with Crippen LogP contribution in [0.2, 0.25) is 0 Å². The van der Waals surface area contributed by atoms with E-state index in [1.807, 2.05) is 0 Å². The summed E-state index contributed by atoms with van der Waals surface area (Å²) in [5, 5.41) is 2.21. The lowest BCUT2D eigenvalue weighted by atomic mass is 10.3. The van der Waals surface area contributed by atoms with Crippen LogP contribution in [0.5, 0.6) is 0 Å². The molecule has 0 bridgehead atoms. The molecule has 8 nitrogen and oxygen atoms in total. The third-order valence-corrected chi connectivity index (χ3v) is 3.69. The van der Waals surface area contributed by atoms with E-state index in [0.29, 0.717) is 7.05 Å².